The fraction of sp³-hybridized carbons (Fsp3) is 0.0909. The largest absolute Gasteiger partial charge is 0.375 e. The van der Waals surface area contributed by atoms with Crippen molar-refractivity contribution in [1.29, 1.82) is 0 Å². The van der Waals surface area contributed by atoms with Crippen LogP contribution >= 0.6 is 0 Å². The number of nitrogens with zero attached hydrogens (tertiary/aromatic N) is 2. The van der Waals surface area contributed by atoms with Crippen LogP contribution in [0.4, 0.5) is 0 Å². The van der Waals surface area contributed by atoms with E-state index >= 15 is 0 Å². The monoisotopic (exact) mass is 880 g/mol. The Labute approximate surface area is 403 Å². The fourth-order valence-corrected chi connectivity index (χ4v) is 12.9. The van der Waals surface area contributed by atoms with Crippen molar-refractivity contribution in [1.82, 2.24) is 9.05 Å². The van der Waals surface area contributed by atoms with E-state index in [0.717, 1.165) is 0 Å². The molecule has 4 heterocycles. The van der Waals surface area contributed by atoms with E-state index in [0.29, 0.717) is 0 Å². The van der Waals surface area contributed by atoms with E-state index in [2.05, 4.69) is 239 Å². The van der Waals surface area contributed by atoms with E-state index in [-0.39, 0.29) is 6.85 Å². The SMILES string of the molecule is Cc1ccccc1-c1ccc2c(c1)c1cc(-c3ccccc3C)cc3c1n2-c1ccc(-c2ccccc2)c2c1B3n1c3ccc(-c4c(C)cccc4C)cc3c3cc(-c4c(C)cccc4C)cc-2c31. The van der Waals surface area contributed by atoms with Crippen molar-refractivity contribution in [3.05, 3.63) is 221 Å². The maximum atomic E-state index is 2.75. The molecule has 0 atom stereocenters. The third-order valence-corrected chi connectivity index (χ3v) is 15.9. The second-order valence-electron chi connectivity index (χ2n) is 19.9. The Morgan fingerprint density at radius 3 is 1.55 bits per heavy atom. The quantitative estimate of drug-likeness (QED) is 0.152. The van der Waals surface area contributed by atoms with Gasteiger partial charge in [-0.15, -0.1) is 0 Å². The molecule has 0 amide bonds. The van der Waals surface area contributed by atoms with Crippen LogP contribution in [-0.2, 0) is 0 Å². The van der Waals surface area contributed by atoms with Gasteiger partial charge in [-0.2, -0.15) is 0 Å². The summed E-state index contributed by atoms with van der Waals surface area (Å²) in [6.07, 6.45) is 0. The van der Waals surface area contributed by atoms with Crippen molar-refractivity contribution in [2.45, 2.75) is 41.5 Å². The highest BCUT2D eigenvalue weighted by Crippen LogP contribution is 2.49. The first kappa shape index (κ1) is 40.0. The molecular formula is C66H49BN2. The van der Waals surface area contributed by atoms with Crippen LogP contribution in [0.1, 0.15) is 33.4 Å². The number of rotatable bonds is 5. The number of hydrogen-bond donors (Lipinski definition) is 0. The van der Waals surface area contributed by atoms with Crippen LogP contribution in [0.15, 0.2) is 188 Å². The minimum Gasteiger partial charge on any atom is -0.375 e. The van der Waals surface area contributed by atoms with Crippen molar-refractivity contribution >= 4 is 61.4 Å². The molecule has 0 saturated carbocycles. The molecule has 326 valence electrons. The molecule has 14 rings (SSSR count). The minimum atomic E-state index is -0.109. The average Bonchev–Trinajstić information content (AvgIpc) is 3.86. The van der Waals surface area contributed by atoms with Gasteiger partial charge in [-0.1, -0.05) is 140 Å². The van der Waals surface area contributed by atoms with Gasteiger partial charge in [0.2, 0.25) is 0 Å². The first-order valence-corrected chi connectivity index (χ1v) is 24.5. The third kappa shape index (κ3) is 5.62. The van der Waals surface area contributed by atoms with Gasteiger partial charge in [0, 0.05) is 43.8 Å². The summed E-state index contributed by atoms with van der Waals surface area (Å²) in [7, 11) is 0. The van der Waals surface area contributed by atoms with E-state index in [1.54, 1.807) is 0 Å². The van der Waals surface area contributed by atoms with E-state index in [1.165, 1.54) is 160 Å². The molecule has 0 bridgehead atoms. The Kier molecular flexibility index (Phi) is 8.51. The fourth-order valence-electron chi connectivity index (χ4n) is 12.9. The van der Waals surface area contributed by atoms with E-state index in [4.69, 9.17) is 0 Å². The summed E-state index contributed by atoms with van der Waals surface area (Å²) in [5.41, 5.74) is 32.0. The average molecular weight is 881 g/mol. The van der Waals surface area contributed by atoms with Gasteiger partial charge in [0.05, 0.1) is 11.0 Å². The molecule has 2 aliphatic heterocycles. The summed E-state index contributed by atoms with van der Waals surface area (Å²) in [5.74, 6) is 0. The molecule has 10 aromatic carbocycles. The molecular weight excluding hydrogens is 832 g/mol. The van der Waals surface area contributed by atoms with Crippen LogP contribution in [0.2, 0.25) is 0 Å². The van der Waals surface area contributed by atoms with E-state index in [9.17, 15) is 0 Å². The molecule has 12 aromatic rings. The molecule has 0 spiro atoms. The van der Waals surface area contributed by atoms with E-state index in [1.807, 2.05) is 0 Å². The molecule has 3 heteroatoms. The first-order chi connectivity index (χ1) is 33.7. The predicted molar refractivity (Wildman–Crippen MR) is 295 cm³/mol. The number of aromatic nitrogens is 2. The summed E-state index contributed by atoms with van der Waals surface area (Å²) in [6, 6.07) is 71.7. The third-order valence-electron chi connectivity index (χ3n) is 15.9. The number of hydrogen-bond acceptors (Lipinski definition) is 0. The predicted octanol–water partition coefficient (Wildman–Crippen LogP) is 16.0. The van der Waals surface area contributed by atoms with Crippen molar-refractivity contribution in [2.75, 3.05) is 0 Å². The standard InChI is InChI=1S/C66H49BN2/c1-38-16-10-12-24-49(38)45-26-29-58-52(32-45)55-34-47(50-25-13-11-17-39(50)2)37-57-66(55)68(58)60-31-28-51(44-22-8-7-9-23-44)63-56-36-48(62-42(5)20-15-21-43(62)6)35-54-53-33-46(61-40(3)18-14-19-41(61)4)27-30-59(53)69(65(54)56)67(57)64(60)63/h7-37H,1-6H3. The second kappa shape index (κ2) is 14.7. The molecule has 2 aromatic heterocycles. The zero-order valence-electron chi connectivity index (χ0n) is 39.9. The lowest BCUT2D eigenvalue weighted by atomic mass is 9.45. The molecule has 0 fully saturated rings. The number of aryl methyl sites for hydroxylation is 6. The lowest BCUT2D eigenvalue weighted by Gasteiger charge is -2.35. The molecule has 2 nitrogen and oxygen atoms in total. The van der Waals surface area contributed by atoms with Gasteiger partial charge in [-0.3, -0.25) is 0 Å². The maximum Gasteiger partial charge on any atom is 0.333 e. The number of fused-ring (bicyclic) bond motifs is 10. The van der Waals surface area contributed by atoms with Crippen LogP contribution in [0, 0.1) is 41.5 Å². The van der Waals surface area contributed by atoms with Crippen LogP contribution < -0.4 is 10.9 Å². The van der Waals surface area contributed by atoms with Crippen molar-refractivity contribution in [3.8, 4) is 72.4 Å². The Morgan fingerprint density at radius 2 is 0.855 bits per heavy atom. The number of benzene rings is 10. The Balaban J connectivity index is 1.19. The van der Waals surface area contributed by atoms with Gasteiger partial charge in [0.25, 0.3) is 0 Å². The lowest BCUT2D eigenvalue weighted by Crippen LogP contribution is -2.55. The minimum absolute atomic E-state index is 0.109. The highest BCUT2D eigenvalue weighted by atomic mass is 15.0. The van der Waals surface area contributed by atoms with Crippen molar-refractivity contribution < 1.29 is 0 Å². The smallest absolute Gasteiger partial charge is 0.333 e. The highest BCUT2D eigenvalue weighted by molar-refractivity contribution is 6.90. The molecule has 69 heavy (non-hydrogen) atoms. The lowest BCUT2D eigenvalue weighted by molar-refractivity contribution is 1.17. The Hall–Kier alpha value is -8.14. The van der Waals surface area contributed by atoms with E-state index < -0.39 is 0 Å². The molecule has 0 unspecified atom stereocenters. The van der Waals surface area contributed by atoms with Crippen molar-refractivity contribution in [3.63, 3.8) is 0 Å². The van der Waals surface area contributed by atoms with Crippen LogP contribution in [0.3, 0.4) is 0 Å². The zero-order chi connectivity index (χ0) is 46.4. The Bertz CT molecular complexity index is 4160. The van der Waals surface area contributed by atoms with Gasteiger partial charge in [0.1, 0.15) is 0 Å². The molecule has 0 radical (unpaired) electrons. The molecule has 0 aliphatic carbocycles. The summed E-state index contributed by atoms with van der Waals surface area (Å²) in [4.78, 5) is 0. The van der Waals surface area contributed by atoms with Crippen molar-refractivity contribution in [2.24, 2.45) is 0 Å². The van der Waals surface area contributed by atoms with Crippen LogP contribution in [0.25, 0.3) is 116 Å². The topological polar surface area (TPSA) is 9.86 Å². The molecule has 0 N–H and O–H groups in total. The summed E-state index contributed by atoms with van der Waals surface area (Å²) in [5, 5.41) is 5.15. The zero-order valence-corrected chi connectivity index (χ0v) is 39.9. The van der Waals surface area contributed by atoms with Gasteiger partial charge >= 0.3 is 6.85 Å². The summed E-state index contributed by atoms with van der Waals surface area (Å²) in [6.45, 7) is 13.4. The summed E-state index contributed by atoms with van der Waals surface area (Å²) >= 11 is 0. The van der Waals surface area contributed by atoms with Crippen LogP contribution in [0.5, 0.6) is 0 Å². The first-order valence-electron chi connectivity index (χ1n) is 24.5. The summed E-state index contributed by atoms with van der Waals surface area (Å²) < 4.78 is 5.37. The molecule has 2 aliphatic rings. The van der Waals surface area contributed by atoms with Gasteiger partial charge in [-0.25, -0.2) is 0 Å². The van der Waals surface area contributed by atoms with Crippen LogP contribution in [-0.4, -0.2) is 15.9 Å². The molecule has 0 saturated heterocycles. The Morgan fingerprint density at radius 1 is 0.319 bits per heavy atom. The second-order valence-corrected chi connectivity index (χ2v) is 19.9. The normalized spacial score (nSPS) is 12.5. The van der Waals surface area contributed by atoms with Gasteiger partial charge in [-0.05, 0) is 196 Å². The maximum absolute atomic E-state index is 2.75. The van der Waals surface area contributed by atoms with Gasteiger partial charge in [0.15, 0.2) is 0 Å². The highest BCUT2D eigenvalue weighted by Gasteiger charge is 2.43. The van der Waals surface area contributed by atoms with Gasteiger partial charge < -0.3 is 9.05 Å².